The molecular formula is C15H13Cl2NO2S. The number of hydrogen-bond acceptors (Lipinski definition) is 2. The van der Waals surface area contributed by atoms with Crippen molar-refractivity contribution in [2.75, 3.05) is 4.72 Å². The van der Waals surface area contributed by atoms with Gasteiger partial charge >= 0.3 is 0 Å². The lowest BCUT2D eigenvalue weighted by molar-refractivity contribution is 0.601. The van der Waals surface area contributed by atoms with Crippen molar-refractivity contribution in [3.63, 3.8) is 0 Å². The molecule has 0 amide bonds. The van der Waals surface area contributed by atoms with E-state index >= 15 is 0 Å². The van der Waals surface area contributed by atoms with Gasteiger partial charge in [0.05, 0.1) is 20.6 Å². The number of anilines is 1. The van der Waals surface area contributed by atoms with Crippen LogP contribution in [0.4, 0.5) is 5.69 Å². The van der Waals surface area contributed by atoms with Crippen LogP contribution in [0, 0.1) is 0 Å². The van der Waals surface area contributed by atoms with Crippen molar-refractivity contribution in [1.29, 1.82) is 0 Å². The summed E-state index contributed by atoms with van der Waals surface area (Å²) < 4.78 is 27.4. The van der Waals surface area contributed by atoms with Gasteiger partial charge in [-0.1, -0.05) is 35.3 Å². The number of para-hydroxylation sites is 1. The summed E-state index contributed by atoms with van der Waals surface area (Å²) in [6.07, 6.45) is 3.01. The predicted molar refractivity (Wildman–Crippen MR) is 85.7 cm³/mol. The number of halogens is 2. The number of benzene rings is 2. The monoisotopic (exact) mass is 341 g/mol. The standard InChI is InChI=1S/C15H13Cl2NO2S/c16-13-5-2-6-14(17)15(13)18-21(19,20)12-8-7-10-3-1-4-11(10)9-12/h2,5-9,18H,1,3-4H2. The molecule has 110 valence electrons. The fourth-order valence-electron chi connectivity index (χ4n) is 2.50. The highest BCUT2D eigenvalue weighted by molar-refractivity contribution is 7.92. The lowest BCUT2D eigenvalue weighted by Crippen LogP contribution is -2.14. The Hall–Kier alpha value is -1.23. The molecule has 3 nitrogen and oxygen atoms in total. The van der Waals surface area contributed by atoms with Crippen molar-refractivity contribution >= 4 is 38.9 Å². The second-order valence-corrected chi connectivity index (χ2v) is 7.48. The van der Waals surface area contributed by atoms with E-state index in [0.29, 0.717) is 0 Å². The van der Waals surface area contributed by atoms with E-state index in [1.165, 1.54) is 5.56 Å². The van der Waals surface area contributed by atoms with Crippen LogP contribution in [0.2, 0.25) is 10.0 Å². The van der Waals surface area contributed by atoms with Crippen molar-refractivity contribution in [2.45, 2.75) is 24.2 Å². The van der Waals surface area contributed by atoms with E-state index in [9.17, 15) is 8.42 Å². The fraction of sp³-hybridized carbons (Fsp3) is 0.200. The van der Waals surface area contributed by atoms with E-state index in [1.54, 1.807) is 30.3 Å². The largest absolute Gasteiger partial charge is 0.277 e. The number of fused-ring (bicyclic) bond motifs is 1. The first kappa shape index (κ1) is 14.7. The number of rotatable bonds is 3. The number of nitrogens with one attached hydrogen (secondary N) is 1. The Kier molecular flexibility index (Phi) is 3.86. The minimum Gasteiger partial charge on any atom is -0.277 e. The second kappa shape index (κ2) is 5.52. The molecule has 3 rings (SSSR count). The fourth-order valence-corrected chi connectivity index (χ4v) is 4.26. The molecule has 0 aliphatic heterocycles. The number of hydrogen-bond donors (Lipinski definition) is 1. The summed E-state index contributed by atoms with van der Waals surface area (Å²) in [6.45, 7) is 0. The third-order valence-corrected chi connectivity index (χ3v) is 5.56. The zero-order valence-electron chi connectivity index (χ0n) is 11.1. The van der Waals surface area contributed by atoms with Gasteiger partial charge in [0.1, 0.15) is 0 Å². The molecule has 0 atom stereocenters. The first-order chi connectivity index (χ1) is 9.97. The highest BCUT2D eigenvalue weighted by Gasteiger charge is 2.20. The van der Waals surface area contributed by atoms with E-state index in [1.807, 2.05) is 6.07 Å². The van der Waals surface area contributed by atoms with Gasteiger partial charge in [-0.15, -0.1) is 0 Å². The Morgan fingerprint density at radius 2 is 1.62 bits per heavy atom. The van der Waals surface area contributed by atoms with Crippen LogP contribution in [0.5, 0.6) is 0 Å². The molecular weight excluding hydrogens is 329 g/mol. The highest BCUT2D eigenvalue weighted by Crippen LogP contribution is 2.32. The molecule has 0 bridgehead atoms. The topological polar surface area (TPSA) is 46.2 Å². The minimum absolute atomic E-state index is 0.210. The third-order valence-electron chi connectivity index (χ3n) is 3.58. The lowest BCUT2D eigenvalue weighted by Gasteiger charge is -2.12. The Bertz CT molecular complexity index is 783. The van der Waals surface area contributed by atoms with Crippen molar-refractivity contribution in [3.8, 4) is 0 Å². The molecule has 1 aliphatic rings. The summed E-state index contributed by atoms with van der Waals surface area (Å²) in [7, 11) is -3.70. The minimum atomic E-state index is -3.70. The first-order valence-electron chi connectivity index (χ1n) is 6.56. The number of aryl methyl sites for hydroxylation is 2. The lowest BCUT2D eigenvalue weighted by atomic mass is 10.1. The number of sulfonamides is 1. The molecule has 0 unspecified atom stereocenters. The molecule has 0 radical (unpaired) electrons. The van der Waals surface area contributed by atoms with Gasteiger partial charge < -0.3 is 0 Å². The van der Waals surface area contributed by atoms with Crippen LogP contribution >= 0.6 is 23.2 Å². The van der Waals surface area contributed by atoms with Crippen LogP contribution in [-0.2, 0) is 22.9 Å². The van der Waals surface area contributed by atoms with Gasteiger partial charge in [0.15, 0.2) is 0 Å². The third kappa shape index (κ3) is 2.89. The van der Waals surface area contributed by atoms with Gasteiger partial charge in [-0.2, -0.15) is 0 Å². The Labute approximate surface area is 133 Å². The average Bonchev–Trinajstić information content (AvgIpc) is 2.90. The van der Waals surface area contributed by atoms with Crippen molar-refractivity contribution in [2.24, 2.45) is 0 Å². The van der Waals surface area contributed by atoms with Gasteiger partial charge in [0.25, 0.3) is 10.0 Å². The molecule has 21 heavy (non-hydrogen) atoms. The van der Waals surface area contributed by atoms with Crippen molar-refractivity contribution < 1.29 is 8.42 Å². The Balaban J connectivity index is 1.98. The van der Waals surface area contributed by atoms with E-state index in [-0.39, 0.29) is 20.6 Å². The first-order valence-corrected chi connectivity index (χ1v) is 8.80. The van der Waals surface area contributed by atoms with Crippen LogP contribution in [0.15, 0.2) is 41.3 Å². The van der Waals surface area contributed by atoms with Crippen LogP contribution in [0.1, 0.15) is 17.5 Å². The molecule has 0 heterocycles. The SMILES string of the molecule is O=S(=O)(Nc1c(Cl)cccc1Cl)c1ccc2c(c1)CCC2. The van der Waals surface area contributed by atoms with Gasteiger partial charge in [-0.25, -0.2) is 8.42 Å². The molecule has 2 aromatic rings. The van der Waals surface area contributed by atoms with Crippen LogP contribution in [-0.4, -0.2) is 8.42 Å². The molecule has 6 heteroatoms. The maximum Gasteiger partial charge on any atom is 0.261 e. The maximum atomic E-state index is 12.5. The molecule has 0 saturated heterocycles. The molecule has 0 aromatic heterocycles. The van der Waals surface area contributed by atoms with E-state index in [4.69, 9.17) is 23.2 Å². The predicted octanol–water partition coefficient (Wildman–Crippen LogP) is 4.28. The molecule has 1 aliphatic carbocycles. The van der Waals surface area contributed by atoms with Crippen LogP contribution in [0.3, 0.4) is 0 Å². The van der Waals surface area contributed by atoms with E-state index in [0.717, 1.165) is 24.8 Å². The van der Waals surface area contributed by atoms with E-state index in [2.05, 4.69) is 4.72 Å². The van der Waals surface area contributed by atoms with Gasteiger partial charge in [0.2, 0.25) is 0 Å². The second-order valence-electron chi connectivity index (χ2n) is 4.99. The zero-order chi connectivity index (χ0) is 15.0. The Morgan fingerprint density at radius 1 is 0.952 bits per heavy atom. The van der Waals surface area contributed by atoms with Crippen LogP contribution in [0.25, 0.3) is 0 Å². The summed E-state index contributed by atoms with van der Waals surface area (Å²) in [5, 5.41) is 0.541. The van der Waals surface area contributed by atoms with E-state index < -0.39 is 10.0 Å². The Morgan fingerprint density at radius 3 is 2.33 bits per heavy atom. The molecule has 0 fully saturated rings. The van der Waals surface area contributed by atoms with Gasteiger partial charge in [-0.05, 0) is 54.7 Å². The summed E-state index contributed by atoms with van der Waals surface area (Å²) in [5.74, 6) is 0. The molecule has 2 aromatic carbocycles. The summed E-state index contributed by atoms with van der Waals surface area (Å²) in [5.41, 5.74) is 2.54. The summed E-state index contributed by atoms with van der Waals surface area (Å²) in [4.78, 5) is 0.235. The normalized spacial score (nSPS) is 14.0. The molecule has 0 spiro atoms. The zero-order valence-corrected chi connectivity index (χ0v) is 13.4. The summed E-state index contributed by atoms with van der Waals surface area (Å²) >= 11 is 12.0. The van der Waals surface area contributed by atoms with Gasteiger partial charge in [0, 0.05) is 0 Å². The van der Waals surface area contributed by atoms with Gasteiger partial charge in [-0.3, -0.25) is 4.72 Å². The average molecular weight is 342 g/mol. The smallest absolute Gasteiger partial charge is 0.261 e. The summed E-state index contributed by atoms with van der Waals surface area (Å²) in [6, 6.07) is 10.1. The molecule has 1 N–H and O–H groups in total. The van der Waals surface area contributed by atoms with Crippen molar-refractivity contribution in [1.82, 2.24) is 0 Å². The van der Waals surface area contributed by atoms with Crippen LogP contribution < -0.4 is 4.72 Å². The molecule has 0 saturated carbocycles. The van der Waals surface area contributed by atoms with Crippen molar-refractivity contribution in [3.05, 3.63) is 57.6 Å². The quantitative estimate of drug-likeness (QED) is 0.905. The highest BCUT2D eigenvalue weighted by atomic mass is 35.5. The maximum absolute atomic E-state index is 12.5.